The van der Waals surface area contributed by atoms with Gasteiger partial charge >= 0.3 is 0 Å². The zero-order chi connectivity index (χ0) is 21.1. The lowest BCUT2D eigenvalue weighted by molar-refractivity contribution is 0.0688. The van der Waals surface area contributed by atoms with Crippen molar-refractivity contribution in [3.8, 4) is 22.9 Å². The number of carbonyl (C=O) groups excluding carboxylic acids is 1. The predicted molar refractivity (Wildman–Crippen MR) is 107 cm³/mol. The fourth-order valence-corrected chi connectivity index (χ4v) is 3.70. The van der Waals surface area contributed by atoms with Gasteiger partial charge in [-0.05, 0) is 49.2 Å². The molecule has 0 N–H and O–H groups in total. The minimum absolute atomic E-state index is 0.0786. The summed E-state index contributed by atoms with van der Waals surface area (Å²) < 4.78 is 29.4. The molecule has 2 heterocycles. The van der Waals surface area contributed by atoms with Gasteiger partial charge in [0.05, 0.1) is 20.1 Å². The average Bonchev–Trinajstić information content (AvgIpc) is 3.29. The lowest BCUT2D eigenvalue weighted by Crippen LogP contribution is -2.39. The van der Waals surface area contributed by atoms with Crippen molar-refractivity contribution in [3.63, 3.8) is 0 Å². The maximum Gasteiger partial charge on any atom is 0.261 e. The number of ether oxygens (including phenoxy) is 2. The Balaban J connectivity index is 1.54. The number of rotatable bonds is 5. The molecule has 30 heavy (non-hydrogen) atoms. The zero-order valence-corrected chi connectivity index (χ0v) is 16.8. The van der Waals surface area contributed by atoms with Crippen LogP contribution in [0.5, 0.6) is 11.5 Å². The molecule has 1 aromatic heterocycles. The Morgan fingerprint density at radius 3 is 2.50 bits per heavy atom. The Morgan fingerprint density at radius 1 is 1.13 bits per heavy atom. The molecule has 3 aromatic rings. The molecule has 1 amide bonds. The average molecular weight is 411 g/mol. The number of piperidine rings is 1. The van der Waals surface area contributed by atoms with Crippen LogP contribution in [0.1, 0.15) is 35.0 Å². The number of hydrogen-bond donors (Lipinski definition) is 0. The van der Waals surface area contributed by atoms with Crippen LogP contribution < -0.4 is 9.47 Å². The Bertz CT molecular complexity index is 1010. The van der Waals surface area contributed by atoms with E-state index in [4.69, 9.17) is 14.0 Å². The van der Waals surface area contributed by atoms with Crippen molar-refractivity contribution in [1.29, 1.82) is 0 Å². The van der Waals surface area contributed by atoms with Crippen molar-refractivity contribution in [2.24, 2.45) is 0 Å². The van der Waals surface area contributed by atoms with Crippen LogP contribution in [0.4, 0.5) is 4.39 Å². The molecule has 7 nitrogen and oxygen atoms in total. The fourth-order valence-electron chi connectivity index (χ4n) is 3.70. The number of amides is 1. The van der Waals surface area contributed by atoms with Gasteiger partial charge in [-0.3, -0.25) is 4.79 Å². The quantitative estimate of drug-likeness (QED) is 0.633. The van der Waals surface area contributed by atoms with Gasteiger partial charge < -0.3 is 18.9 Å². The first-order valence-corrected chi connectivity index (χ1v) is 9.70. The minimum atomic E-state index is -0.323. The van der Waals surface area contributed by atoms with E-state index in [9.17, 15) is 9.18 Å². The van der Waals surface area contributed by atoms with Crippen LogP contribution >= 0.6 is 0 Å². The molecule has 1 aliphatic heterocycles. The summed E-state index contributed by atoms with van der Waals surface area (Å²) in [5.41, 5.74) is 1.08. The van der Waals surface area contributed by atoms with Gasteiger partial charge in [0.25, 0.3) is 5.91 Å². The van der Waals surface area contributed by atoms with Gasteiger partial charge in [0.1, 0.15) is 22.9 Å². The maximum absolute atomic E-state index is 13.3. The fraction of sp³-hybridized carbons (Fsp3) is 0.318. The number of aromatic nitrogens is 2. The van der Waals surface area contributed by atoms with Crippen LogP contribution in [-0.2, 0) is 0 Å². The molecule has 1 fully saturated rings. The standard InChI is InChI=1S/C22H22FN3O4/c1-28-17-6-3-7-18(29-2)19(17)22(27)26-12-4-5-15(13-26)21-24-20(25-30-21)14-8-10-16(23)11-9-14/h3,6-11,15H,4-5,12-13H2,1-2H3/t15-/m0/s1. The third kappa shape index (κ3) is 3.85. The topological polar surface area (TPSA) is 77.7 Å². The first kappa shape index (κ1) is 19.9. The summed E-state index contributed by atoms with van der Waals surface area (Å²) in [5.74, 6) is 1.25. The lowest BCUT2D eigenvalue weighted by Gasteiger charge is -2.31. The second-order valence-electron chi connectivity index (χ2n) is 7.09. The molecule has 0 unspecified atom stereocenters. The minimum Gasteiger partial charge on any atom is -0.496 e. The van der Waals surface area contributed by atoms with Crippen LogP contribution in [0.15, 0.2) is 47.0 Å². The van der Waals surface area contributed by atoms with Crippen LogP contribution in [0.2, 0.25) is 0 Å². The molecule has 4 rings (SSSR count). The molecule has 0 radical (unpaired) electrons. The molecule has 0 bridgehead atoms. The van der Waals surface area contributed by atoms with Crippen molar-refractivity contribution >= 4 is 5.91 Å². The van der Waals surface area contributed by atoms with E-state index in [-0.39, 0.29) is 17.6 Å². The van der Waals surface area contributed by atoms with Gasteiger partial charge in [-0.2, -0.15) is 4.98 Å². The molecule has 0 spiro atoms. The zero-order valence-electron chi connectivity index (χ0n) is 16.8. The van der Waals surface area contributed by atoms with E-state index in [0.29, 0.717) is 47.4 Å². The van der Waals surface area contributed by atoms with Gasteiger partial charge in [-0.1, -0.05) is 11.2 Å². The summed E-state index contributed by atoms with van der Waals surface area (Å²) in [7, 11) is 3.06. The first-order chi connectivity index (χ1) is 14.6. The largest absolute Gasteiger partial charge is 0.496 e. The van der Waals surface area contributed by atoms with E-state index in [1.54, 1.807) is 35.2 Å². The molecular weight excluding hydrogens is 389 g/mol. The molecule has 2 aromatic carbocycles. The summed E-state index contributed by atoms with van der Waals surface area (Å²) in [4.78, 5) is 19.5. The maximum atomic E-state index is 13.3. The Morgan fingerprint density at radius 2 is 1.83 bits per heavy atom. The Labute approximate surface area is 173 Å². The van der Waals surface area contributed by atoms with Crippen LogP contribution in [-0.4, -0.2) is 48.3 Å². The molecule has 1 saturated heterocycles. The highest BCUT2D eigenvalue weighted by Crippen LogP contribution is 2.33. The second-order valence-corrected chi connectivity index (χ2v) is 7.09. The monoisotopic (exact) mass is 411 g/mol. The predicted octanol–water partition coefficient (Wildman–Crippen LogP) is 3.91. The number of hydrogen-bond acceptors (Lipinski definition) is 6. The van der Waals surface area contributed by atoms with Crippen molar-refractivity contribution < 1.29 is 23.2 Å². The summed E-state index contributed by atoms with van der Waals surface area (Å²) in [5, 5.41) is 4.02. The number of likely N-dealkylation sites (tertiary alicyclic amines) is 1. The van der Waals surface area contributed by atoms with E-state index in [0.717, 1.165) is 12.8 Å². The summed E-state index contributed by atoms with van der Waals surface area (Å²) in [6.45, 7) is 1.07. The molecule has 0 saturated carbocycles. The summed E-state index contributed by atoms with van der Waals surface area (Å²) in [6, 6.07) is 11.2. The molecule has 1 atom stereocenters. The van der Waals surface area contributed by atoms with E-state index in [2.05, 4.69) is 10.1 Å². The molecule has 0 aliphatic carbocycles. The van der Waals surface area contributed by atoms with Crippen molar-refractivity contribution in [2.45, 2.75) is 18.8 Å². The van der Waals surface area contributed by atoms with Gasteiger partial charge in [-0.15, -0.1) is 0 Å². The Kier molecular flexibility index (Phi) is 5.65. The third-order valence-electron chi connectivity index (χ3n) is 5.24. The second kappa shape index (κ2) is 8.52. The smallest absolute Gasteiger partial charge is 0.261 e. The highest BCUT2D eigenvalue weighted by Gasteiger charge is 2.31. The number of methoxy groups -OCH3 is 2. The van der Waals surface area contributed by atoms with Crippen LogP contribution in [0, 0.1) is 5.82 Å². The van der Waals surface area contributed by atoms with Gasteiger partial charge in [0.15, 0.2) is 0 Å². The van der Waals surface area contributed by atoms with Gasteiger partial charge in [0, 0.05) is 18.7 Å². The van der Waals surface area contributed by atoms with Crippen LogP contribution in [0.25, 0.3) is 11.4 Å². The van der Waals surface area contributed by atoms with Gasteiger partial charge in [-0.25, -0.2) is 4.39 Å². The molecule has 8 heteroatoms. The third-order valence-corrected chi connectivity index (χ3v) is 5.24. The molecule has 156 valence electrons. The summed E-state index contributed by atoms with van der Waals surface area (Å²) >= 11 is 0. The van der Waals surface area contributed by atoms with E-state index in [1.807, 2.05) is 0 Å². The van der Waals surface area contributed by atoms with Crippen molar-refractivity contribution in [2.75, 3.05) is 27.3 Å². The van der Waals surface area contributed by atoms with E-state index >= 15 is 0 Å². The van der Waals surface area contributed by atoms with Crippen molar-refractivity contribution in [1.82, 2.24) is 15.0 Å². The Hall–Kier alpha value is -3.42. The normalized spacial score (nSPS) is 16.4. The summed E-state index contributed by atoms with van der Waals surface area (Å²) in [6.07, 6.45) is 1.64. The van der Waals surface area contributed by atoms with E-state index < -0.39 is 0 Å². The number of benzene rings is 2. The first-order valence-electron chi connectivity index (χ1n) is 9.70. The highest BCUT2D eigenvalue weighted by molar-refractivity contribution is 5.99. The van der Waals surface area contributed by atoms with Crippen LogP contribution in [0.3, 0.4) is 0 Å². The van der Waals surface area contributed by atoms with E-state index in [1.165, 1.54) is 26.4 Å². The molecular formula is C22H22FN3O4. The number of nitrogens with zero attached hydrogens (tertiary/aromatic N) is 3. The van der Waals surface area contributed by atoms with Gasteiger partial charge in [0.2, 0.25) is 11.7 Å². The SMILES string of the molecule is COc1cccc(OC)c1C(=O)N1CCC[C@H](c2nc(-c3ccc(F)cc3)no2)C1. The number of halogens is 1. The number of carbonyl (C=O) groups is 1. The highest BCUT2D eigenvalue weighted by atomic mass is 19.1. The lowest BCUT2D eigenvalue weighted by atomic mass is 9.97. The molecule has 1 aliphatic rings. The van der Waals surface area contributed by atoms with Crippen molar-refractivity contribution in [3.05, 3.63) is 59.7 Å².